The van der Waals surface area contributed by atoms with Gasteiger partial charge in [0.05, 0.1) is 0 Å². The summed E-state index contributed by atoms with van der Waals surface area (Å²) in [6.07, 6.45) is 1.37. The number of anilines is 1. The smallest absolute Gasteiger partial charge is 0.270 e. The van der Waals surface area contributed by atoms with Crippen LogP contribution < -0.4 is 10.6 Å². The van der Waals surface area contributed by atoms with Crippen molar-refractivity contribution in [2.45, 2.75) is 6.54 Å². The van der Waals surface area contributed by atoms with Crippen molar-refractivity contribution in [1.82, 2.24) is 10.3 Å². The van der Waals surface area contributed by atoms with Gasteiger partial charge in [-0.2, -0.15) is 0 Å². The van der Waals surface area contributed by atoms with Crippen molar-refractivity contribution in [2.24, 2.45) is 0 Å². The average molecular weight is 384 g/mol. The fourth-order valence-corrected chi connectivity index (χ4v) is 2.47. The number of nitrogens with one attached hydrogen (secondary N) is 2. The van der Waals surface area contributed by atoms with Crippen LogP contribution in [0.4, 0.5) is 10.1 Å². The number of carbonyl (C=O) groups is 2. The molecule has 3 rings (SSSR count). The van der Waals surface area contributed by atoms with Crippen LogP contribution in [-0.4, -0.2) is 16.8 Å². The Kier molecular flexibility index (Phi) is 5.78. The lowest BCUT2D eigenvalue weighted by molar-refractivity contribution is 0.0945. The minimum absolute atomic E-state index is 0.0222. The Morgan fingerprint density at radius 1 is 1.00 bits per heavy atom. The maximum Gasteiger partial charge on any atom is 0.270 e. The van der Waals surface area contributed by atoms with Crippen molar-refractivity contribution in [3.05, 3.63) is 94.5 Å². The molecule has 0 aliphatic heterocycles. The molecule has 136 valence electrons. The molecule has 1 heterocycles. The molecule has 3 aromatic rings. The maximum absolute atomic E-state index is 13.6. The molecule has 0 radical (unpaired) electrons. The van der Waals surface area contributed by atoms with Gasteiger partial charge in [0.2, 0.25) is 0 Å². The summed E-state index contributed by atoms with van der Waals surface area (Å²) in [6, 6.07) is 15.7. The molecule has 0 atom stereocenters. The van der Waals surface area contributed by atoms with Gasteiger partial charge in [0.1, 0.15) is 11.5 Å². The van der Waals surface area contributed by atoms with Crippen LogP contribution in [0.2, 0.25) is 5.02 Å². The van der Waals surface area contributed by atoms with Crippen molar-refractivity contribution < 1.29 is 14.0 Å². The van der Waals surface area contributed by atoms with Gasteiger partial charge in [0.15, 0.2) is 0 Å². The second kappa shape index (κ2) is 8.42. The molecule has 0 fully saturated rings. The van der Waals surface area contributed by atoms with E-state index in [9.17, 15) is 14.0 Å². The van der Waals surface area contributed by atoms with Gasteiger partial charge in [-0.25, -0.2) is 4.39 Å². The van der Waals surface area contributed by atoms with Gasteiger partial charge >= 0.3 is 0 Å². The SMILES string of the molecule is O=C(Nc1ccc(Cl)cc1)c1ccnc(C(=O)NCc2ccccc2F)c1. The maximum atomic E-state index is 13.6. The van der Waals surface area contributed by atoms with Crippen LogP contribution in [0.15, 0.2) is 66.9 Å². The fourth-order valence-electron chi connectivity index (χ4n) is 2.34. The lowest BCUT2D eigenvalue weighted by Gasteiger charge is -2.08. The molecular formula is C20H15ClFN3O2. The number of pyridine rings is 1. The number of halogens is 2. The van der Waals surface area contributed by atoms with Crippen LogP contribution in [0.1, 0.15) is 26.4 Å². The predicted octanol–water partition coefficient (Wildman–Crippen LogP) is 4.06. The van der Waals surface area contributed by atoms with Crippen molar-refractivity contribution >= 4 is 29.1 Å². The number of hydrogen-bond donors (Lipinski definition) is 2. The van der Waals surface area contributed by atoms with E-state index in [1.54, 1.807) is 42.5 Å². The van der Waals surface area contributed by atoms with E-state index < -0.39 is 11.7 Å². The van der Waals surface area contributed by atoms with Crippen LogP contribution in [0.25, 0.3) is 0 Å². The summed E-state index contributed by atoms with van der Waals surface area (Å²) >= 11 is 5.82. The minimum Gasteiger partial charge on any atom is -0.347 e. The highest BCUT2D eigenvalue weighted by Crippen LogP contribution is 2.15. The van der Waals surface area contributed by atoms with Crippen LogP contribution in [-0.2, 0) is 6.54 Å². The molecule has 27 heavy (non-hydrogen) atoms. The zero-order valence-corrected chi connectivity index (χ0v) is 14.8. The molecule has 0 aliphatic carbocycles. The van der Waals surface area contributed by atoms with E-state index >= 15 is 0 Å². The fraction of sp³-hybridized carbons (Fsp3) is 0.0500. The first kappa shape index (κ1) is 18.5. The molecule has 2 N–H and O–H groups in total. The van der Waals surface area contributed by atoms with Gasteiger partial charge in [-0.3, -0.25) is 14.6 Å². The third kappa shape index (κ3) is 4.89. The highest BCUT2D eigenvalue weighted by molar-refractivity contribution is 6.30. The van der Waals surface area contributed by atoms with Crippen LogP contribution in [0.3, 0.4) is 0 Å². The molecule has 2 aromatic carbocycles. The topological polar surface area (TPSA) is 71.1 Å². The number of hydrogen-bond acceptors (Lipinski definition) is 3. The number of amides is 2. The van der Waals surface area contributed by atoms with Crippen LogP contribution >= 0.6 is 11.6 Å². The normalized spacial score (nSPS) is 10.3. The van der Waals surface area contributed by atoms with E-state index in [-0.39, 0.29) is 23.7 Å². The van der Waals surface area contributed by atoms with Crippen molar-refractivity contribution in [3.63, 3.8) is 0 Å². The van der Waals surface area contributed by atoms with E-state index in [0.29, 0.717) is 16.3 Å². The van der Waals surface area contributed by atoms with Gasteiger partial charge in [-0.15, -0.1) is 0 Å². The van der Waals surface area contributed by atoms with Crippen molar-refractivity contribution in [1.29, 1.82) is 0 Å². The van der Waals surface area contributed by atoms with E-state index in [0.717, 1.165) is 0 Å². The zero-order chi connectivity index (χ0) is 19.2. The van der Waals surface area contributed by atoms with Gasteiger partial charge in [0.25, 0.3) is 11.8 Å². The number of carbonyl (C=O) groups excluding carboxylic acids is 2. The molecule has 5 nitrogen and oxygen atoms in total. The molecule has 7 heteroatoms. The summed E-state index contributed by atoms with van der Waals surface area (Å²) in [5.74, 6) is -1.29. The molecule has 2 amide bonds. The molecule has 1 aromatic heterocycles. The lowest BCUT2D eigenvalue weighted by Crippen LogP contribution is -2.25. The number of nitrogens with zero attached hydrogens (tertiary/aromatic N) is 1. The van der Waals surface area contributed by atoms with E-state index in [4.69, 9.17) is 11.6 Å². The first-order chi connectivity index (χ1) is 13.0. The zero-order valence-electron chi connectivity index (χ0n) is 14.1. The van der Waals surface area contributed by atoms with E-state index in [1.165, 1.54) is 24.4 Å². The third-order valence-electron chi connectivity index (χ3n) is 3.75. The Morgan fingerprint density at radius 2 is 1.74 bits per heavy atom. The Balaban J connectivity index is 1.67. The van der Waals surface area contributed by atoms with E-state index in [2.05, 4.69) is 15.6 Å². The number of benzene rings is 2. The first-order valence-electron chi connectivity index (χ1n) is 8.07. The Bertz CT molecular complexity index is 977. The third-order valence-corrected chi connectivity index (χ3v) is 4.01. The van der Waals surface area contributed by atoms with Gasteiger partial charge in [-0.05, 0) is 42.5 Å². The largest absolute Gasteiger partial charge is 0.347 e. The Labute approximate surface area is 160 Å². The van der Waals surface area contributed by atoms with E-state index in [1.807, 2.05) is 0 Å². The molecule has 0 unspecified atom stereocenters. The lowest BCUT2D eigenvalue weighted by atomic mass is 10.2. The molecular weight excluding hydrogens is 369 g/mol. The van der Waals surface area contributed by atoms with Gasteiger partial charge in [0, 0.05) is 34.6 Å². The van der Waals surface area contributed by atoms with Crippen LogP contribution in [0.5, 0.6) is 0 Å². The number of rotatable bonds is 5. The summed E-state index contributed by atoms with van der Waals surface area (Å²) in [7, 11) is 0. The summed E-state index contributed by atoms with van der Waals surface area (Å²) in [4.78, 5) is 28.6. The predicted molar refractivity (Wildman–Crippen MR) is 101 cm³/mol. The second-order valence-electron chi connectivity index (χ2n) is 5.66. The first-order valence-corrected chi connectivity index (χ1v) is 8.45. The molecule has 0 bridgehead atoms. The van der Waals surface area contributed by atoms with Gasteiger partial charge < -0.3 is 10.6 Å². The quantitative estimate of drug-likeness (QED) is 0.698. The summed E-state index contributed by atoms with van der Waals surface area (Å²) in [6.45, 7) is 0.0222. The minimum atomic E-state index is -0.501. The number of aromatic nitrogens is 1. The molecule has 0 saturated heterocycles. The molecule has 0 saturated carbocycles. The molecule has 0 aliphatic rings. The van der Waals surface area contributed by atoms with Gasteiger partial charge in [-0.1, -0.05) is 29.8 Å². The standard InChI is InChI=1S/C20H15ClFN3O2/c21-15-5-7-16(8-6-15)25-19(26)13-9-10-23-18(11-13)20(27)24-12-14-3-1-2-4-17(14)22/h1-11H,12H2,(H,24,27)(H,25,26). The summed E-state index contributed by atoms with van der Waals surface area (Å²) in [5, 5.41) is 5.86. The Morgan fingerprint density at radius 3 is 2.48 bits per heavy atom. The van der Waals surface area contributed by atoms with Crippen molar-refractivity contribution in [3.8, 4) is 0 Å². The monoisotopic (exact) mass is 383 g/mol. The highest BCUT2D eigenvalue weighted by atomic mass is 35.5. The highest BCUT2D eigenvalue weighted by Gasteiger charge is 2.13. The second-order valence-corrected chi connectivity index (χ2v) is 6.10. The average Bonchev–Trinajstić information content (AvgIpc) is 2.69. The summed E-state index contributed by atoms with van der Waals surface area (Å²) in [5.41, 5.74) is 1.28. The summed E-state index contributed by atoms with van der Waals surface area (Å²) < 4.78 is 13.6. The van der Waals surface area contributed by atoms with Crippen LogP contribution in [0, 0.1) is 5.82 Å². The Hall–Kier alpha value is -3.25. The van der Waals surface area contributed by atoms with Crippen molar-refractivity contribution in [2.75, 3.05) is 5.32 Å². The molecule has 0 spiro atoms.